The first kappa shape index (κ1) is 11.4. The Bertz CT molecular complexity index is 398. The van der Waals surface area contributed by atoms with Gasteiger partial charge in [-0.15, -0.1) is 0 Å². The molecule has 1 aromatic carbocycles. The van der Waals surface area contributed by atoms with Gasteiger partial charge in [-0.2, -0.15) is 0 Å². The van der Waals surface area contributed by atoms with E-state index < -0.39 is 5.50 Å². The van der Waals surface area contributed by atoms with E-state index in [0.29, 0.717) is 11.5 Å². The maximum Gasteiger partial charge on any atom is 0.162 e. The Hall–Kier alpha value is -1.13. The molecule has 1 heterocycles. The number of halogens is 2. The molecule has 16 heavy (non-hydrogen) atoms. The van der Waals surface area contributed by atoms with E-state index in [9.17, 15) is 0 Å². The van der Waals surface area contributed by atoms with Crippen LogP contribution in [0.25, 0.3) is 0 Å². The van der Waals surface area contributed by atoms with E-state index in [1.54, 1.807) is 26.4 Å². The van der Waals surface area contributed by atoms with Crippen LogP contribution in [-0.4, -0.2) is 20.6 Å². The quantitative estimate of drug-likeness (QED) is 0.466. The Morgan fingerprint density at radius 1 is 1.25 bits per heavy atom. The summed E-state index contributed by atoms with van der Waals surface area (Å²) in [6.07, 6.45) is 1.47. The van der Waals surface area contributed by atoms with Gasteiger partial charge in [-0.1, -0.05) is 11.6 Å². The third kappa shape index (κ3) is 1.79. The Kier molecular flexibility index (Phi) is 3.12. The number of ether oxygens (including phenoxy) is 2. The summed E-state index contributed by atoms with van der Waals surface area (Å²) in [6.45, 7) is 0. The van der Waals surface area contributed by atoms with Gasteiger partial charge in [0.2, 0.25) is 0 Å². The van der Waals surface area contributed by atoms with Crippen molar-refractivity contribution in [1.82, 2.24) is 0 Å². The standard InChI is InChI=1S/C10H10Cl2N2O2/c1-15-8-3-6-7(4-9(8)16-2)14(12)5-13-10(6)11/h3-5,10H,1-2H3. The minimum absolute atomic E-state index is 0.454. The molecule has 0 N–H and O–H groups in total. The molecule has 0 amide bonds. The minimum atomic E-state index is -0.454. The lowest BCUT2D eigenvalue weighted by Crippen LogP contribution is -2.15. The summed E-state index contributed by atoms with van der Waals surface area (Å²) in [4.78, 5) is 4.02. The van der Waals surface area contributed by atoms with Crippen LogP contribution in [0.15, 0.2) is 17.1 Å². The van der Waals surface area contributed by atoms with Gasteiger partial charge in [0.25, 0.3) is 0 Å². The predicted molar refractivity (Wildman–Crippen MR) is 65.0 cm³/mol. The number of benzene rings is 1. The molecule has 1 atom stereocenters. The number of hydrogen-bond acceptors (Lipinski definition) is 4. The summed E-state index contributed by atoms with van der Waals surface area (Å²) < 4.78 is 11.7. The second-order valence-corrected chi connectivity index (χ2v) is 3.96. The van der Waals surface area contributed by atoms with Crippen LogP contribution in [0.4, 0.5) is 5.69 Å². The van der Waals surface area contributed by atoms with E-state index in [2.05, 4.69) is 4.99 Å². The van der Waals surface area contributed by atoms with Gasteiger partial charge in [0, 0.05) is 23.4 Å². The maximum absolute atomic E-state index is 6.06. The molecule has 0 aromatic heterocycles. The summed E-state index contributed by atoms with van der Waals surface area (Å²) in [5, 5.41) is 0. The zero-order valence-electron chi connectivity index (χ0n) is 8.78. The van der Waals surface area contributed by atoms with Crippen molar-refractivity contribution in [3.63, 3.8) is 0 Å². The van der Waals surface area contributed by atoms with Gasteiger partial charge in [-0.3, -0.25) is 0 Å². The smallest absolute Gasteiger partial charge is 0.162 e. The molecule has 1 aliphatic heterocycles. The van der Waals surface area contributed by atoms with E-state index in [0.717, 1.165) is 11.3 Å². The number of hydrogen-bond donors (Lipinski definition) is 0. The Morgan fingerprint density at radius 3 is 2.50 bits per heavy atom. The van der Waals surface area contributed by atoms with Gasteiger partial charge in [-0.05, 0) is 6.07 Å². The molecule has 0 aliphatic carbocycles. The highest BCUT2D eigenvalue weighted by molar-refractivity contribution is 6.35. The summed E-state index contributed by atoms with van der Waals surface area (Å²) in [7, 11) is 3.13. The molecule has 0 fully saturated rings. The molecule has 2 rings (SSSR count). The molecule has 0 radical (unpaired) electrons. The number of fused-ring (bicyclic) bond motifs is 1. The number of rotatable bonds is 2. The second kappa shape index (κ2) is 4.39. The fraction of sp³-hybridized carbons (Fsp3) is 0.300. The maximum atomic E-state index is 6.06. The van der Waals surface area contributed by atoms with Crippen LogP contribution in [0.5, 0.6) is 11.5 Å². The van der Waals surface area contributed by atoms with Crippen molar-refractivity contribution in [1.29, 1.82) is 0 Å². The third-order valence-electron chi connectivity index (χ3n) is 2.32. The lowest BCUT2D eigenvalue weighted by molar-refractivity contribution is 0.354. The molecule has 0 spiro atoms. The molecule has 86 valence electrons. The van der Waals surface area contributed by atoms with Crippen molar-refractivity contribution in [2.45, 2.75) is 5.50 Å². The van der Waals surface area contributed by atoms with Crippen LogP contribution >= 0.6 is 23.4 Å². The molecule has 1 unspecified atom stereocenters. The average Bonchev–Trinajstić information content (AvgIpc) is 2.32. The van der Waals surface area contributed by atoms with E-state index in [1.165, 1.54) is 10.8 Å². The number of aliphatic imine (C=N–C) groups is 1. The Labute approximate surface area is 103 Å². The molecule has 0 bridgehead atoms. The normalized spacial score (nSPS) is 18.2. The van der Waals surface area contributed by atoms with Crippen LogP contribution < -0.4 is 13.9 Å². The highest BCUT2D eigenvalue weighted by Gasteiger charge is 2.22. The predicted octanol–water partition coefficient (Wildman–Crippen LogP) is 2.94. The van der Waals surface area contributed by atoms with Crippen molar-refractivity contribution in [2.24, 2.45) is 4.99 Å². The first-order chi connectivity index (χ1) is 7.67. The Morgan fingerprint density at radius 2 is 1.88 bits per heavy atom. The number of nitrogens with zero attached hydrogens (tertiary/aromatic N) is 2. The number of alkyl halides is 1. The molecule has 6 heteroatoms. The summed E-state index contributed by atoms with van der Waals surface area (Å²) in [6, 6.07) is 3.54. The number of methoxy groups -OCH3 is 2. The first-order valence-electron chi connectivity index (χ1n) is 4.55. The van der Waals surface area contributed by atoms with Crippen LogP contribution in [0.2, 0.25) is 0 Å². The van der Waals surface area contributed by atoms with Crippen LogP contribution in [0.3, 0.4) is 0 Å². The van der Waals surface area contributed by atoms with Crippen LogP contribution in [0.1, 0.15) is 11.1 Å². The molecule has 1 aliphatic rings. The van der Waals surface area contributed by atoms with E-state index in [4.69, 9.17) is 32.9 Å². The summed E-state index contributed by atoms with van der Waals surface area (Å²) >= 11 is 12.0. The lowest BCUT2D eigenvalue weighted by Gasteiger charge is -2.23. The lowest BCUT2D eigenvalue weighted by atomic mass is 10.1. The third-order valence-corrected chi connectivity index (χ3v) is 2.94. The molecule has 4 nitrogen and oxygen atoms in total. The molecule has 0 saturated carbocycles. The monoisotopic (exact) mass is 260 g/mol. The van der Waals surface area contributed by atoms with Crippen LogP contribution in [0, 0.1) is 0 Å². The molecule has 1 aromatic rings. The van der Waals surface area contributed by atoms with Gasteiger partial charge < -0.3 is 9.47 Å². The van der Waals surface area contributed by atoms with Crippen molar-refractivity contribution in [3.8, 4) is 11.5 Å². The highest BCUT2D eigenvalue weighted by atomic mass is 35.5. The van der Waals surface area contributed by atoms with Gasteiger partial charge in [0.05, 0.1) is 19.9 Å². The van der Waals surface area contributed by atoms with Gasteiger partial charge in [0.15, 0.2) is 17.0 Å². The Balaban J connectivity index is 2.56. The number of anilines is 1. The van der Waals surface area contributed by atoms with Gasteiger partial charge in [0.1, 0.15) is 6.34 Å². The largest absolute Gasteiger partial charge is 0.493 e. The highest BCUT2D eigenvalue weighted by Crippen LogP contribution is 2.42. The zero-order valence-corrected chi connectivity index (χ0v) is 10.3. The first-order valence-corrected chi connectivity index (χ1v) is 5.33. The van der Waals surface area contributed by atoms with E-state index in [-0.39, 0.29) is 0 Å². The average molecular weight is 261 g/mol. The molecular formula is C10H10Cl2N2O2. The minimum Gasteiger partial charge on any atom is -0.493 e. The topological polar surface area (TPSA) is 34.1 Å². The molecule has 0 saturated heterocycles. The van der Waals surface area contributed by atoms with Gasteiger partial charge >= 0.3 is 0 Å². The van der Waals surface area contributed by atoms with Crippen molar-refractivity contribution in [3.05, 3.63) is 17.7 Å². The zero-order chi connectivity index (χ0) is 11.7. The fourth-order valence-electron chi connectivity index (χ4n) is 1.52. The van der Waals surface area contributed by atoms with Crippen LogP contribution in [-0.2, 0) is 0 Å². The summed E-state index contributed by atoms with van der Waals surface area (Å²) in [5.41, 5.74) is 1.08. The van der Waals surface area contributed by atoms with E-state index >= 15 is 0 Å². The second-order valence-electron chi connectivity index (χ2n) is 3.18. The van der Waals surface area contributed by atoms with Crippen molar-refractivity contribution >= 4 is 35.4 Å². The van der Waals surface area contributed by atoms with Crippen molar-refractivity contribution in [2.75, 3.05) is 18.6 Å². The SMILES string of the molecule is COc1cc2c(cc1OC)N(Cl)C=NC2Cl. The van der Waals surface area contributed by atoms with E-state index in [1.807, 2.05) is 0 Å². The van der Waals surface area contributed by atoms with Crippen molar-refractivity contribution < 1.29 is 9.47 Å². The fourth-order valence-corrected chi connectivity index (χ4v) is 1.94. The summed E-state index contributed by atoms with van der Waals surface area (Å²) in [5.74, 6) is 1.21. The van der Waals surface area contributed by atoms with Gasteiger partial charge in [-0.25, -0.2) is 9.41 Å². The molecular weight excluding hydrogens is 251 g/mol.